The maximum Gasteiger partial charge on any atom is 0.134 e. The van der Waals surface area contributed by atoms with Gasteiger partial charge in [0, 0.05) is 33.6 Å². The minimum Gasteiger partial charge on any atom is -0.357 e. The number of rotatable bonds is 6. The summed E-state index contributed by atoms with van der Waals surface area (Å²) in [5, 5.41) is 9.97. The van der Waals surface area contributed by atoms with E-state index in [2.05, 4.69) is 215 Å². The average molecular weight is 717 g/mol. The highest BCUT2D eigenvalue weighted by Gasteiger charge is 2.27. The minimum absolute atomic E-state index is 0.116. The fraction of sp³-hybridized carbons (Fsp3) is 0.0192. The molecule has 56 heavy (non-hydrogen) atoms. The average Bonchev–Trinajstić information content (AvgIpc) is 3.86. The van der Waals surface area contributed by atoms with Gasteiger partial charge in [-0.15, -0.1) is 0 Å². The number of nitrogens with zero attached hydrogens (tertiary/aromatic N) is 3. The second-order valence-electron chi connectivity index (χ2n) is 14.5. The van der Waals surface area contributed by atoms with Crippen molar-refractivity contribution in [3.8, 4) is 27.9 Å². The Kier molecular flexibility index (Phi) is 7.52. The van der Waals surface area contributed by atoms with Crippen molar-refractivity contribution in [2.45, 2.75) is 6.04 Å². The Hall–Kier alpha value is -7.43. The molecular weight excluding hydrogens is 681 g/mol. The highest BCUT2D eigenvalue weighted by molar-refractivity contribution is 6.22. The van der Waals surface area contributed by atoms with Gasteiger partial charge in [-0.3, -0.25) is 0 Å². The predicted molar refractivity (Wildman–Crippen MR) is 234 cm³/mol. The molecule has 1 N–H and O–H groups in total. The van der Waals surface area contributed by atoms with E-state index in [1.54, 1.807) is 0 Å². The zero-order valence-electron chi connectivity index (χ0n) is 30.5. The van der Waals surface area contributed by atoms with Crippen LogP contribution < -0.4 is 5.32 Å². The first kappa shape index (κ1) is 32.0. The lowest BCUT2D eigenvalue weighted by Gasteiger charge is -2.29. The van der Waals surface area contributed by atoms with Crippen molar-refractivity contribution in [1.82, 2.24) is 14.5 Å². The van der Waals surface area contributed by atoms with Gasteiger partial charge in [-0.25, -0.2) is 4.99 Å². The first-order valence-corrected chi connectivity index (χ1v) is 19.2. The van der Waals surface area contributed by atoms with Crippen LogP contribution in [-0.2, 0) is 0 Å². The summed E-state index contributed by atoms with van der Waals surface area (Å²) < 4.78 is 4.70. The minimum atomic E-state index is -0.116. The summed E-state index contributed by atoms with van der Waals surface area (Å²) in [4.78, 5) is 5.05. The van der Waals surface area contributed by atoms with Gasteiger partial charge in [0.15, 0.2) is 0 Å². The van der Waals surface area contributed by atoms with Crippen molar-refractivity contribution < 1.29 is 0 Å². The van der Waals surface area contributed by atoms with E-state index in [1.165, 1.54) is 60.3 Å². The molecule has 0 radical (unpaired) electrons. The van der Waals surface area contributed by atoms with E-state index in [1.807, 2.05) is 6.07 Å². The molecule has 8 aromatic carbocycles. The zero-order valence-corrected chi connectivity index (χ0v) is 30.5. The topological polar surface area (TPSA) is 34.2 Å². The van der Waals surface area contributed by atoms with Crippen LogP contribution in [0.2, 0.25) is 0 Å². The molecule has 0 saturated heterocycles. The Balaban J connectivity index is 1.05. The molecule has 0 saturated carbocycles. The number of hydrogen-bond acceptors (Lipinski definition) is 2. The summed E-state index contributed by atoms with van der Waals surface area (Å²) in [5.74, 6) is 0.866. The molecule has 2 aromatic heterocycles. The SMILES string of the molecule is C1=C(n2c3ccc(-c4ccc5c(ccn5-c5ccc(-c6ccccc6)cc5)c4)cc3c3c4ccccc4ccc32)C(c2ccccc2)NC(c2ccccc2)=N1. The van der Waals surface area contributed by atoms with Gasteiger partial charge in [0.05, 0.1) is 34.5 Å². The molecule has 11 rings (SSSR count). The Morgan fingerprint density at radius 3 is 1.86 bits per heavy atom. The van der Waals surface area contributed by atoms with E-state index in [-0.39, 0.29) is 6.04 Å². The number of aromatic nitrogens is 2. The predicted octanol–water partition coefficient (Wildman–Crippen LogP) is 12.8. The van der Waals surface area contributed by atoms with Crippen LogP contribution in [0.1, 0.15) is 17.2 Å². The van der Waals surface area contributed by atoms with Crippen LogP contribution in [0, 0.1) is 0 Å². The van der Waals surface area contributed by atoms with Gasteiger partial charge in [-0.2, -0.15) is 0 Å². The number of fused-ring (bicyclic) bond motifs is 6. The van der Waals surface area contributed by atoms with Gasteiger partial charge in [-0.05, 0) is 87.1 Å². The Morgan fingerprint density at radius 1 is 0.446 bits per heavy atom. The Labute approximate surface area is 324 Å². The number of hydrogen-bond donors (Lipinski definition) is 1. The summed E-state index contributed by atoms with van der Waals surface area (Å²) in [7, 11) is 0. The van der Waals surface area contributed by atoms with Gasteiger partial charge < -0.3 is 14.5 Å². The largest absolute Gasteiger partial charge is 0.357 e. The molecule has 1 atom stereocenters. The molecule has 0 amide bonds. The summed E-state index contributed by atoms with van der Waals surface area (Å²) in [5.41, 5.74) is 12.8. The highest BCUT2D eigenvalue weighted by Crippen LogP contribution is 2.42. The first-order valence-electron chi connectivity index (χ1n) is 19.2. The smallest absolute Gasteiger partial charge is 0.134 e. The van der Waals surface area contributed by atoms with Crippen LogP contribution in [-0.4, -0.2) is 15.0 Å². The van der Waals surface area contributed by atoms with E-state index >= 15 is 0 Å². The number of benzene rings is 8. The first-order chi connectivity index (χ1) is 27.8. The normalized spacial score (nSPS) is 14.2. The maximum absolute atomic E-state index is 5.05. The second kappa shape index (κ2) is 13.2. The van der Waals surface area contributed by atoms with Gasteiger partial charge in [0.2, 0.25) is 0 Å². The summed E-state index contributed by atoms with van der Waals surface area (Å²) in [6.45, 7) is 0. The molecule has 0 spiro atoms. The van der Waals surface area contributed by atoms with Gasteiger partial charge in [0.1, 0.15) is 5.84 Å². The number of aliphatic imine (C=N–C) groups is 1. The molecule has 0 bridgehead atoms. The van der Waals surface area contributed by atoms with Crippen molar-refractivity contribution in [3.05, 3.63) is 218 Å². The monoisotopic (exact) mass is 716 g/mol. The zero-order chi connectivity index (χ0) is 37.0. The van der Waals surface area contributed by atoms with Crippen LogP contribution in [0.25, 0.3) is 77.1 Å². The molecule has 1 unspecified atom stereocenters. The van der Waals surface area contributed by atoms with Crippen LogP contribution in [0.3, 0.4) is 0 Å². The van der Waals surface area contributed by atoms with E-state index < -0.39 is 0 Å². The van der Waals surface area contributed by atoms with Crippen molar-refractivity contribution >= 4 is 55.0 Å². The third kappa shape index (κ3) is 5.34. The highest BCUT2D eigenvalue weighted by atomic mass is 15.1. The van der Waals surface area contributed by atoms with Crippen LogP contribution in [0.4, 0.5) is 0 Å². The lowest BCUT2D eigenvalue weighted by molar-refractivity contribution is 0.762. The standard InChI is InChI=1S/C52H36N4/c1-4-12-35(13-5-1)36-20-25-43(26-21-36)55-31-30-42-32-40(23-27-46(42)55)41-24-28-47-45(33-41)50-44-19-11-10-14-37(44)22-29-48(50)56(47)49-34-53-52(39-17-8-3-9-18-39)54-51(49)38-15-6-2-7-16-38/h1-34,51H,(H,53,54). The molecule has 3 heterocycles. The third-order valence-electron chi connectivity index (χ3n) is 11.3. The summed E-state index contributed by atoms with van der Waals surface area (Å²) in [6.07, 6.45) is 4.24. The van der Waals surface area contributed by atoms with Gasteiger partial charge >= 0.3 is 0 Å². The Morgan fingerprint density at radius 2 is 1.07 bits per heavy atom. The summed E-state index contributed by atoms with van der Waals surface area (Å²) >= 11 is 0. The fourth-order valence-electron chi connectivity index (χ4n) is 8.53. The molecule has 4 nitrogen and oxygen atoms in total. The molecule has 264 valence electrons. The van der Waals surface area contributed by atoms with E-state index in [0.29, 0.717) is 0 Å². The lowest BCUT2D eigenvalue weighted by atomic mass is 9.99. The van der Waals surface area contributed by atoms with Crippen molar-refractivity contribution in [2.75, 3.05) is 0 Å². The fourth-order valence-corrected chi connectivity index (χ4v) is 8.53. The maximum atomic E-state index is 5.05. The Bertz CT molecular complexity index is 3130. The van der Waals surface area contributed by atoms with Crippen molar-refractivity contribution in [3.63, 3.8) is 0 Å². The molecule has 0 fully saturated rings. The summed E-state index contributed by atoms with van der Waals surface area (Å²) in [6, 6.07) is 69.6. The lowest BCUT2D eigenvalue weighted by Crippen LogP contribution is -2.33. The molecular formula is C52H36N4. The van der Waals surface area contributed by atoms with Crippen LogP contribution >= 0.6 is 0 Å². The van der Waals surface area contributed by atoms with E-state index in [4.69, 9.17) is 4.99 Å². The van der Waals surface area contributed by atoms with Gasteiger partial charge in [0.25, 0.3) is 0 Å². The van der Waals surface area contributed by atoms with Crippen molar-refractivity contribution in [1.29, 1.82) is 0 Å². The van der Waals surface area contributed by atoms with Crippen molar-refractivity contribution in [2.24, 2.45) is 4.99 Å². The molecule has 1 aliphatic heterocycles. The molecule has 10 aromatic rings. The van der Waals surface area contributed by atoms with Gasteiger partial charge in [-0.1, -0.05) is 146 Å². The molecule has 4 heteroatoms. The third-order valence-corrected chi connectivity index (χ3v) is 11.3. The van der Waals surface area contributed by atoms with E-state index in [0.717, 1.165) is 33.8 Å². The second-order valence-corrected chi connectivity index (χ2v) is 14.5. The van der Waals surface area contributed by atoms with E-state index in [9.17, 15) is 0 Å². The molecule has 1 aliphatic rings. The molecule has 0 aliphatic carbocycles. The van der Waals surface area contributed by atoms with Crippen LogP contribution in [0.15, 0.2) is 212 Å². The number of nitrogens with one attached hydrogen (secondary N) is 1. The van der Waals surface area contributed by atoms with Crippen LogP contribution in [0.5, 0.6) is 0 Å². The number of amidine groups is 1. The quantitative estimate of drug-likeness (QED) is 0.183.